The van der Waals surface area contributed by atoms with E-state index in [2.05, 4.69) is 13.1 Å². The average molecular weight is 486 g/mol. The van der Waals surface area contributed by atoms with E-state index >= 15 is 0 Å². The first-order chi connectivity index (χ1) is 13.1. The monoisotopic (exact) mass is 486 g/mol. The molecule has 6 atom stereocenters. The van der Waals surface area contributed by atoms with Crippen molar-refractivity contribution < 1.29 is 61.4 Å². The Kier molecular flexibility index (Phi) is 7.20. The molecule has 0 spiro atoms. The second-order valence-corrected chi connectivity index (χ2v) is 9.87. The molecular weight excluding hydrogens is 471 g/mol. The molecular formula is C9H15N2O15P3. The van der Waals surface area contributed by atoms with Crippen LogP contribution in [0.1, 0.15) is 6.23 Å². The van der Waals surface area contributed by atoms with E-state index in [1.54, 1.807) is 0 Å². The van der Waals surface area contributed by atoms with Crippen LogP contribution in [0.25, 0.3) is 0 Å². The zero-order valence-corrected chi connectivity index (χ0v) is 16.5. The fourth-order valence-corrected chi connectivity index (χ4v) is 5.23. The number of H-pyrrole nitrogens is 1. The molecule has 2 heterocycles. The van der Waals surface area contributed by atoms with Crippen LogP contribution in [0, 0.1) is 0 Å². The van der Waals surface area contributed by atoms with Crippen molar-refractivity contribution in [1.29, 1.82) is 0 Å². The molecule has 1 aliphatic rings. The van der Waals surface area contributed by atoms with Crippen molar-refractivity contribution in [2.24, 2.45) is 0 Å². The topological polar surface area (TPSA) is 264 Å². The SMILES string of the molecule is O=c1ccn([C@@H]2O[C@H](COP(=O)(O)OP(=O)(O)OP(=O)(O)O)[C@@H](O)[C@H]2O)[14c](=O)[nH]1. The summed E-state index contributed by atoms with van der Waals surface area (Å²) in [7, 11) is -16.8. The highest BCUT2D eigenvalue weighted by atomic mass is 31.3. The zero-order chi connectivity index (χ0) is 22.2. The third-order valence-corrected chi connectivity index (χ3v) is 7.08. The van der Waals surface area contributed by atoms with Gasteiger partial charge in [0.25, 0.3) is 5.56 Å². The van der Waals surface area contributed by atoms with Crippen LogP contribution in [0.3, 0.4) is 0 Å². The van der Waals surface area contributed by atoms with Crippen LogP contribution in [0.2, 0.25) is 0 Å². The maximum atomic E-state index is 11.7. The van der Waals surface area contributed by atoms with Crippen molar-refractivity contribution in [1.82, 2.24) is 9.55 Å². The molecule has 1 aromatic heterocycles. The van der Waals surface area contributed by atoms with E-state index in [-0.39, 0.29) is 0 Å². The first-order valence-electron chi connectivity index (χ1n) is 7.22. The average Bonchev–Trinajstić information content (AvgIpc) is 2.78. The van der Waals surface area contributed by atoms with Crippen molar-refractivity contribution in [2.75, 3.05) is 6.61 Å². The van der Waals surface area contributed by atoms with Crippen LogP contribution in [-0.2, 0) is 31.6 Å². The first-order valence-corrected chi connectivity index (χ1v) is 11.7. The molecule has 1 saturated heterocycles. The minimum absolute atomic E-state index is 0.708. The Hall–Kier alpha value is -1.03. The van der Waals surface area contributed by atoms with Gasteiger partial charge in [-0.25, -0.2) is 18.5 Å². The fraction of sp³-hybridized carbons (Fsp3) is 0.556. The minimum Gasteiger partial charge on any atom is -0.387 e. The third kappa shape index (κ3) is 6.73. The Morgan fingerprint density at radius 1 is 1.10 bits per heavy atom. The van der Waals surface area contributed by atoms with Crippen LogP contribution < -0.4 is 11.2 Å². The molecule has 1 aliphatic heterocycles. The third-order valence-electron chi connectivity index (χ3n) is 3.28. The summed E-state index contributed by atoms with van der Waals surface area (Å²) in [6, 6.07) is 0.920. The standard InChI is InChI=1S/C9H15N2O15P3/c12-5-1-2-11(9(15)10-5)8-7(14)6(13)4(24-8)3-23-28(19,20)26-29(21,22)25-27(16,17)18/h1-2,4,6-8,13-14H,3H2,(H,19,20)(H,21,22)(H,10,12,15)(H2,16,17,18)/t4-,6-,7-,8-/m1/s1/i9+2. The largest absolute Gasteiger partial charge is 0.490 e. The number of aromatic amines is 1. The Bertz CT molecular complexity index is 997. The van der Waals surface area contributed by atoms with Crippen molar-refractivity contribution in [3.05, 3.63) is 33.1 Å². The van der Waals surface area contributed by atoms with Gasteiger partial charge in [0.2, 0.25) is 0 Å². The summed E-state index contributed by atoms with van der Waals surface area (Å²) in [5, 5.41) is 19.9. The molecule has 0 amide bonds. The van der Waals surface area contributed by atoms with E-state index in [1.807, 2.05) is 4.98 Å². The van der Waals surface area contributed by atoms with Gasteiger partial charge in [-0.2, -0.15) is 8.62 Å². The van der Waals surface area contributed by atoms with E-state index in [0.29, 0.717) is 4.57 Å². The number of aromatic nitrogens is 2. The maximum Gasteiger partial charge on any atom is 0.490 e. The number of nitrogens with one attached hydrogen (secondary N) is 1. The number of hydrogen-bond donors (Lipinski definition) is 7. The second-order valence-electron chi connectivity index (χ2n) is 5.45. The normalized spacial score (nSPS) is 29.3. The van der Waals surface area contributed by atoms with Gasteiger partial charge in [0.1, 0.15) is 18.3 Å². The lowest BCUT2D eigenvalue weighted by molar-refractivity contribution is -0.0542. The molecule has 0 saturated carbocycles. The number of rotatable bonds is 8. The second kappa shape index (κ2) is 8.61. The predicted molar refractivity (Wildman–Crippen MR) is 87.1 cm³/mol. The Balaban J connectivity index is 2.06. The van der Waals surface area contributed by atoms with E-state index in [9.17, 15) is 38.4 Å². The van der Waals surface area contributed by atoms with E-state index < -0.39 is 65.9 Å². The van der Waals surface area contributed by atoms with Gasteiger partial charge in [-0.15, -0.1) is 0 Å². The highest BCUT2D eigenvalue weighted by Gasteiger charge is 2.46. The number of aliphatic hydroxyl groups excluding tert-OH is 2. The zero-order valence-electron chi connectivity index (χ0n) is 13.8. The molecule has 0 radical (unpaired) electrons. The minimum atomic E-state index is -5.73. The fourth-order valence-electron chi connectivity index (χ4n) is 2.20. The summed E-state index contributed by atoms with van der Waals surface area (Å²) in [5.41, 5.74) is -1.74. The summed E-state index contributed by atoms with van der Waals surface area (Å²) in [6.45, 7) is -1.05. The quantitative estimate of drug-likeness (QED) is 0.187. The molecule has 29 heavy (non-hydrogen) atoms. The van der Waals surface area contributed by atoms with Crippen molar-refractivity contribution in [3.8, 4) is 0 Å². The maximum absolute atomic E-state index is 11.7. The van der Waals surface area contributed by atoms with Crippen LogP contribution in [0.5, 0.6) is 0 Å². The van der Waals surface area contributed by atoms with Gasteiger partial charge in [0, 0.05) is 12.3 Å². The summed E-state index contributed by atoms with van der Waals surface area (Å²) in [6.07, 6.45) is -5.70. The highest BCUT2D eigenvalue weighted by Crippen LogP contribution is 2.66. The Labute approximate surface area is 159 Å². The molecule has 2 unspecified atom stereocenters. The van der Waals surface area contributed by atoms with Crippen molar-refractivity contribution >= 4 is 23.5 Å². The van der Waals surface area contributed by atoms with Gasteiger partial charge in [0.05, 0.1) is 6.61 Å². The molecule has 0 aliphatic carbocycles. The molecule has 166 valence electrons. The predicted octanol–water partition coefficient (Wildman–Crippen LogP) is -2.50. The molecule has 17 nitrogen and oxygen atoms in total. The smallest absolute Gasteiger partial charge is 0.387 e. The van der Waals surface area contributed by atoms with Crippen molar-refractivity contribution in [2.45, 2.75) is 24.5 Å². The number of ether oxygens (including phenoxy) is 1. The van der Waals surface area contributed by atoms with E-state index in [0.717, 1.165) is 12.3 Å². The number of aliphatic hydroxyl groups is 2. The summed E-state index contributed by atoms with van der Waals surface area (Å²) < 4.78 is 50.6. The lowest BCUT2D eigenvalue weighted by Crippen LogP contribution is -2.37. The van der Waals surface area contributed by atoms with Crippen molar-refractivity contribution in [3.63, 3.8) is 0 Å². The van der Waals surface area contributed by atoms with Gasteiger partial charge in [0.15, 0.2) is 6.23 Å². The van der Waals surface area contributed by atoms with Crippen LogP contribution >= 0.6 is 23.5 Å². The van der Waals surface area contributed by atoms with Gasteiger partial charge >= 0.3 is 29.2 Å². The number of phosphoric acid groups is 3. The molecule has 1 fully saturated rings. The van der Waals surface area contributed by atoms with Crippen LogP contribution in [0.4, 0.5) is 0 Å². The van der Waals surface area contributed by atoms with Gasteiger partial charge in [-0.3, -0.25) is 18.9 Å². The van der Waals surface area contributed by atoms with E-state index in [4.69, 9.17) is 19.4 Å². The van der Waals surface area contributed by atoms with Gasteiger partial charge in [-0.05, 0) is 0 Å². The first kappa shape index (κ1) is 24.2. The number of phosphoric ester groups is 1. The summed E-state index contributed by atoms with van der Waals surface area (Å²) in [5.74, 6) is 0. The summed E-state index contributed by atoms with van der Waals surface area (Å²) in [4.78, 5) is 59.9. The highest BCUT2D eigenvalue weighted by molar-refractivity contribution is 7.66. The van der Waals surface area contributed by atoms with Gasteiger partial charge < -0.3 is 34.5 Å². The lowest BCUT2D eigenvalue weighted by atomic mass is 10.1. The molecule has 2 rings (SSSR count). The number of hydrogen-bond acceptors (Lipinski definition) is 11. The lowest BCUT2D eigenvalue weighted by Gasteiger charge is -2.19. The summed E-state index contributed by atoms with van der Waals surface area (Å²) >= 11 is 0. The molecule has 1 aromatic rings. The molecule has 0 aromatic carbocycles. The molecule has 20 heteroatoms. The van der Waals surface area contributed by atoms with E-state index in [1.165, 1.54) is 0 Å². The van der Waals surface area contributed by atoms with Crippen LogP contribution in [0.15, 0.2) is 21.9 Å². The number of nitrogens with zero attached hydrogens (tertiary/aromatic N) is 1. The Morgan fingerprint density at radius 2 is 1.72 bits per heavy atom. The van der Waals surface area contributed by atoms with Gasteiger partial charge in [-0.1, -0.05) is 0 Å². The molecule has 7 N–H and O–H groups in total. The molecule has 0 bridgehead atoms. The Morgan fingerprint density at radius 3 is 2.28 bits per heavy atom. The van der Waals surface area contributed by atoms with Crippen LogP contribution in [-0.4, -0.2) is 64.3 Å².